The van der Waals surface area contributed by atoms with E-state index >= 15 is 0 Å². The van der Waals surface area contributed by atoms with Crippen molar-refractivity contribution in [3.8, 4) is 0 Å². The quantitative estimate of drug-likeness (QED) is 0.346. The molecule has 1 rings (SSSR count). The van der Waals surface area contributed by atoms with Gasteiger partial charge in [0.2, 0.25) is 0 Å². The largest absolute Gasteiger partial charge is 0.790 e. The summed E-state index contributed by atoms with van der Waals surface area (Å²) in [5.74, 6) is -3.38. The molecule has 0 bridgehead atoms. The molecule has 15 heteroatoms. The molecular weight excluding hydrogens is 369 g/mol. The number of phosphoric ester groups is 1. The van der Waals surface area contributed by atoms with Crippen molar-refractivity contribution in [2.24, 2.45) is 11.8 Å². The van der Waals surface area contributed by atoms with Crippen LogP contribution in [-0.2, 0) is 26.8 Å². The predicted octanol–water partition coefficient (Wildman–Crippen LogP) is -2.47. The van der Waals surface area contributed by atoms with Crippen molar-refractivity contribution >= 4 is 23.5 Å². The van der Waals surface area contributed by atoms with E-state index in [0.29, 0.717) is 0 Å². The fourth-order valence-electron chi connectivity index (χ4n) is 2.10. The highest BCUT2D eigenvalue weighted by Crippen LogP contribution is 2.60. The van der Waals surface area contributed by atoms with Crippen LogP contribution in [0.25, 0.3) is 0 Å². The Morgan fingerprint density at radius 2 is 1.64 bits per heavy atom. The van der Waals surface area contributed by atoms with Crippen molar-refractivity contribution < 1.29 is 56.6 Å². The summed E-state index contributed by atoms with van der Waals surface area (Å²) in [4.78, 5) is 42.4. The summed E-state index contributed by atoms with van der Waals surface area (Å²) in [6, 6.07) is 0. The SMILES string of the molecule is C[C@@H]1C[C@H](COP(=O)([O-])OP(=O)([O-])OP(=O)([O-])[O-])C(O)(O)C1. The molecule has 1 saturated carbocycles. The molecule has 1 aliphatic carbocycles. The van der Waals surface area contributed by atoms with Gasteiger partial charge >= 0.3 is 0 Å². The summed E-state index contributed by atoms with van der Waals surface area (Å²) in [7, 11) is -17.6. The lowest BCUT2D eigenvalue weighted by atomic mass is 10.0. The molecule has 2 N–H and O–H groups in total. The van der Waals surface area contributed by atoms with Gasteiger partial charge in [-0.1, -0.05) is 6.92 Å². The molecule has 0 aliphatic heterocycles. The zero-order valence-corrected chi connectivity index (χ0v) is 13.8. The van der Waals surface area contributed by atoms with Crippen LogP contribution in [0.3, 0.4) is 0 Å². The van der Waals surface area contributed by atoms with Crippen molar-refractivity contribution in [3.05, 3.63) is 0 Å². The molecule has 2 unspecified atom stereocenters. The van der Waals surface area contributed by atoms with Gasteiger partial charge in [-0.3, -0.25) is 13.4 Å². The summed E-state index contributed by atoms with van der Waals surface area (Å²) >= 11 is 0. The second-order valence-corrected chi connectivity index (χ2v) is 9.17. The number of phosphoric acid groups is 3. The topological polar surface area (TPSA) is 212 Å². The first kappa shape index (κ1) is 20.4. The third kappa shape index (κ3) is 6.84. The van der Waals surface area contributed by atoms with Gasteiger partial charge in [-0.25, -0.2) is 4.31 Å². The van der Waals surface area contributed by atoms with Crippen LogP contribution in [0.1, 0.15) is 19.8 Å². The molecule has 0 saturated heterocycles. The monoisotopic (exact) mass is 382 g/mol. The molecule has 4 atom stereocenters. The van der Waals surface area contributed by atoms with Crippen LogP contribution >= 0.6 is 23.5 Å². The summed E-state index contributed by atoms with van der Waals surface area (Å²) in [6.07, 6.45) is 0.151. The second kappa shape index (κ2) is 6.68. The fourth-order valence-corrected chi connectivity index (χ4v) is 5.00. The van der Waals surface area contributed by atoms with E-state index in [1.165, 1.54) is 0 Å². The van der Waals surface area contributed by atoms with E-state index in [9.17, 15) is 43.5 Å². The average molecular weight is 382 g/mol. The Bertz CT molecular complexity index is 539. The molecule has 22 heavy (non-hydrogen) atoms. The zero-order chi connectivity index (χ0) is 17.4. The Hall–Kier alpha value is 0.330. The molecule has 1 fully saturated rings. The molecule has 0 amide bonds. The van der Waals surface area contributed by atoms with Gasteiger partial charge in [-0.2, -0.15) is 0 Å². The van der Waals surface area contributed by atoms with Gasteiger partial charge in [0.15, 0.2) is 5.79 Å². The van der Waals surface area contributed by atoms with Crippen molar-refractivity contribution in [2.45, 2.75) is 25.6 Å². The minimum absolute atomic E-state index is 0.0379. The van der Waals surface area contributed by atoms with Crippen LogP contribution in [-0.4, -0.2) is 22.6 Å². The van der Waals surface area contributed by atoms with Gasteiger partial charge in [0.25, 0.3) is 15.6 Å². The normalized spacial score (nSPS) is 30.7. The number of rotatable bonds is 7. The summed E-state index contributed by atoms with van der Waals surface area (Å²) in [6.45, 7) is 0.860. The fraction of sp³-hybridized carbons (Fsp3) is 1.00. The van der Waals surface area contributed by atoms with E-state index in [1.807, 2.05) is 0 Å². The minimum Gasteiger partial charge on any atom is -0.790 e. The minimum atomic E-state index is -6.04. The van der Waals surface area contributed by atoms with Crippen LogP contribution in [0.2, 0.25) is 0 Å². The van der Waals surface area contributed by atoms with E-state index in [1.54, 1.807) is 6.92 Å². The van der Waals surface area contributed by atoms with Gasteiger partial charge in [0.1, 0.15) is 0 Å². The van der Waals surface area contributed by atoms with E-state index in [2.05, 4.69) is 13.1 Å². The van der Waals surface area contributed by atoms with Crippen LogP contribution in [0.5, 0.6) is 0 Å². The van der Waals surface area contributed by atoms with Crippen LogP contribution < -0.4 is 19.6 Å². The van der Waals surface area contributed by atoms with Gasteiger partial charge < -0.3 is 38.9 Å². The van der Waals surface area contributed by atoms with Crippen molar-refractivity contribution in [2.75, 3.05) is 6.61 Å². The lowest BCUT2D eigenvalue weighted by molar-refractivity contribution is -0.339. The molecular formula is C7H13O12P3-4. The highest BCUT2D eigenvalue weighted by Gasteiger charge is 2.43. The predicted molar refractivity (Wildman–Crippen MR) is 60.0 cm³/mol. The molecule has 132 valence electrons. The molecule has 12 nitrogen and oxygen atoms in total. The number of hydrogen-bond acceptors (Lipinski definition) is 12. The smallest absolute Gasteiger partial charge is 0.278 e. The zero-order valence-electron chi connectivity index (χ0n) is 11.1. The first-order chi connectivity index (χ1) is 9.62. The Labute approximate surface area is 125 Å². The lowest BCUT2D eigenvalue weighted by Crippen LogP contribution is -2.35. The maximum atomic E-state index is 11.3. The standard InChI is InChI=1S/C7H17O12P3/c1-5-2-6(7(8,9)3-5)4-17-21(13,14)19-22(15,16)18-20(10,11)12/h5-6,8-9H,2-4H2,1H3,(H,13,14)(H,15,16)(H2,10,11,12)/p-4/t5-,6-/m1/s1. The maximum absolute atomic E-state index is 11.3. The van der Waals surface area contributed by atoms with Crippen molar-refractivity contribution in [1.82, 2.24) is 0 Å². The Morgan fingerprint density at radius 1 is 1.09 bits per heavy atom. The summed E-state index contributed by atoms with van der Waals surface area (Å²) in [5, 5.41) is 19.2. The third-order valence-electron chi connectivity index (χ3n) is 2.82. The summed E-state index contributed by atoms with van der Waals surface area (Å²) < 4.78 is 42.8. The molecule has 0 aromatic rings. The first-order valence-electron chi connectivity index (χ1n) is 5.78. The van der Waals surface area contributed by atoms with Crippen molar-refractivity contribution in [1.29, 1.82) is 0 Å². The Balaban J connectivity index is 2.63. The number of hydrogen-bond donors (Lipinski definition) is 2. The lowest BCUT2D eigenvalue weighted by Gasteiger charge is -2.37. The maximum Gasteiger partial charge on any atom is 0.278 e. The molecule has 0 radical (unpaired) electrons. The van der Waals surface area contributed by atoms with Crippen LogP contribution in [0, 0.1) is 11.8 Å². The van der Waals surface area contributed by atoms with E-state index in [4.69, 9.17) is 0 Å². The van der Waals surface area contributed by atoms with Crippen LogP contribution in [0.4, 0.5) is 0 Å². The van der Waals surface area contributed by atoms with Gasteiger partial charge in [0.05, 0.1) is 14.4 Å². The van der Waals surface area contributed by atoms with E-state index < -0.39 is 41.8 Å². The van der Waals surface area contributed by atoms with E-state index in [0.717, 1.165) is 0 Å². The summed E-state index contributed by atoms with van der Waals surface area (Å²) in [5.41, 5.74) is 0. The number of aliphatic hydroxyl groups is 2. The molecule has 0 aromatic carbocycles. The average Bonchev–Trinajstić information content (AvgIpc) is 2.42. The highest BCUT2D eigenvalue weighted by atomic mass is 31.3. The molecule has 0 heterocycles. The van der Waals surface area contributed by atoms with Crippen molar-refractivity contribution in [3.63, 3.8) is 0 Å². The van der Waals surface area contributed by atoms with Gasteiger partial charge in [0, 0.05) is 12.3 Å². The van der Waals surface area contributed by atoms with Crippen LogP contribution in [0.15, 0.2) is 0 Å². The second-order valence-electron chi connectivity index (χ2n) is 4.92. The Morgan fingerprint density at radius 3 is 2.05 bits per heavy atom. The highest BCUT2D eigenvalue weighted by molar-refractivity contribution is 7.64. The molecule has 0 spiro atoms. The third-order valence-corrected chi connectivity index (χ3v) is 6.49. The molecule has 1 aliphatic rings. The van der Waals surface area contributed by atoms with Gasteiger partial charge in [-0.05, 0) is 12.3 Å². The Kier molecular flexibility index (Phi) is 6.19. The molecule has 0 aromatic heterocycles. The van der Waals surface area contributed by atoms with E-state index in [-0.39, 0.29) is 18.8 Å². The first-order valence-corrected chi connectivity index (χ1v) is 10.2. The van der Waals surface area contributed by atoms with Gasteiger partial charge in [-0.15, -0.1) is 0 Å².